The molecule has 2 rings (SSSR count). The van der Waals surface area contributed by atoms with Crippen LogP contribution in [0, 0.1) is 6.92 Å². The van der Waals surface area contributed by atoms with E-state index in [1.54, 1.807) is 7.11 Å². The van der Waals surface area contributed by atoms with E-state index in [-0.39, 0.29) is 6.09 Å². The molecule has 1 aromatic rings. The second kappa shape index (κ2) is 8.37. The normalized spacial score (nSPS) is 14.8. The van der Waals surface area contributed by atoms with Crippen molar-refractivity contribution in [3.8, 4) is 0 Å². The lowest BCUT2D eigenvalue weighted by Crippen LogP contribution is -2.37. The SMILES string of the molecule is COC/C=C/c1cc(CN(C(=O)OC(C)(C)C)C2CC2)cc(Br)c1C. The number of ether oxygens (including phenoxy) is 2. The van der Waals surface area contributed by atoms with E-state index in [4.69, 9.17) is 9.47 Å². The van der Waals surface area contributed by atoms with Crippen molar-refractivity contribution in [1.82, 2.24) is 4.90 Å². The Morgan fingerprint density at radius 2 is 2.04 bits per heavy atom. The summed E-state index contributed by atoms with van der Waals surface area (Å²) in [5, 5.41) is 0. The van der Waals surface area contributed by atoms with Crippen molar-refractivity contribution in [2.75, 3.05) is 13.7 Å². The van der Waals surface area contributed by atoms with Gasteiger partial charge in [0.05, 0.1) is 6.61 Å². The molecule has 0 N–H and O–H groups in total. The molecule has 1 amide bonds. The zero-order chi connectivity index (χ0) is 18.6. The predicted molar refractivity (Wildman–Crippen MR) is 105 cm³/mol. The van der Waals surface area contributed by atoms with Crippen molar-refractivity contribution in [3.63, 3.8) is 0 Å². The van der Waals surface area contributed by atoms with Crippen LogP contribution in [0.25, 0.3) is 6.08 Å². The van der Waals surface area contributed by atoms with Gasteiger partial charge in [0.2, 0.25) is 0 Å². The standard InChI is InChI=1S/C20H28BrNO3/c1-14-16(7-6-10-24-5)11-15(12-18(14)21)13-22(17-8-9-17)19(23)25-20(2,3)4/h6-7,11-12,17H,8-10,13H2,1-5H3/b7-6+. The van der Waals surface area contributed by atoms with Gasteiger partial charge in [0.15, 0.2) is 0 Å². The van der Waals surface area contributed by atoms with Gasteiger partial charge < -0.3 is 14.4 Å². The molecule has 1 aromatic carbocycles. The van der Waals surface area contributed by atoms with Crippen LogP contribution in [0.4, 0.5) is 4.79 Å². The molecule has 138 valence electrons. The number of benzene rings is 1. The van der Waals surface area contributed by atoms with E-state index in [1.165, 1.54) is 5.56 Å². The highest BCUT2D eigenvalue weighted by Gasteiger charge is 2.35. The third kappa shape index (κ3) is 6.15. The maximum atomic E-state index is 12.6. The molecule has 4 nitrogen and oxygen atoms in total. The molecule has 5 heteroatoms. The van der Waals surface area contributed by atoms with E-state index in [9.17, 15) is 4.79 Å². The number of hydrogen-bond acceptors (Lipinski definition) is 3. The molecule has 1 aliphatic rings. The van der Waals surface area contributed by atoms with Crippen molar-refractivity contribution < 1.29 is 14.3 Å². The average Bonchev–Trinajstić information content (AvgIpc) is 3.32. The van der Waals surface area contributed by atoms with Gasteiger partial charge in [-0.1, -0.05) is 28.1 Å². The van der Waals surface area contributed by atoms with E-state index in [0.29, 0.717) is 19.2 Å². The quantitative estimate of drug-likeness (QED) is 0.638. The van der Waals surface area contributed by atoms with Crippen LogP contribution in [0.2, 0.25) is 0 Å². The van der Waals surface area contributed by atoms with Gasteiger partial charge in [-0.15, -0.1) is 0 Å². The van der Waals surface area contributed by atoms with Gasteiger partial charge in [0.1, 0.15) is 5.60 Å². The topological polar surface area (TPSA) is 38.8 Å². The molecule has 0 bridgehead atoms. The largest absolute Gasteiger partial charge is 0.444 e. The molecule has 0 radical (unpaired) electrons. The first-order valence-electron chi connectivity index (χ1n) is 8.65. The predicted octanol–water partition coefficient (Wildman–Crippen LogP) is 5.32. The van der Waals surface area contributed by atoms with Crippen LogP contribution in [0.1, 0.15) is 50.3 Å². The summed E-state index contributed by atoms with van der Waals surface area (Å²) in [6, 6.07) is 4.51. The number of carbonyl (C=O) groups excluding carboxylic acids is 1. The van der Waals surface area contributed by atoms with Crippen LogP contribution in [0.15, 0.2) is 22.7 Å². The Labute approximate surface area is 159 Å². The van der Waals surface area contributed by atoms with Crippen molar-refractivity contribution in [1.29, 1.82) is 0 Å². The Morgan fingerprint density at radius 3 is 2.60 bits per heavy atom. The Hall–Kier alpha value is -1.33. The van der Waals surface area contributed by atoms with Crippen LogP contribution >= 0.6 is 15.9 Å². The number of nitrogens with zero attached hydrogens (tertiary/aromatic N) is 1. The molecule has 25 heavy (non-hydrogen) atoms. The van der Waals surface area contributed by atoms with Gasteiger partial charge >= 0.3 is 6.09 Å². The van der Waals surface area contributed by atoms with Crippen molar-refractivity contribution >= 4 is 28.1 Å². The molecule has 0 unspecified atom stereocenters. The highest BCUT2D eigenvalue weighted by atomic mass is 79.9. The summed E-state index contributed by atoms with van der Waals surface area (Å²) in [5.74, 6) is 0. The van der Waals surface area contributed by atoms with Gasteiger partial charge in [-0.2, -0.15) is 0 Å². The lowest BCUT2D eigenvalue weighted by Gasteiger charge is -2.27. The zero-order valence-corrected chi connectivity index (χ0v) is 17.4. The van der Waals surface area contributed by atoms with Crippen molar-refractivity contribution in [2.24, 2.45) is 0 Å². The Kier molecular flexibility index (Phi) is 6.69. The smallest absolute Gasteiger partial charge is 0.410 e. The molecule has 1 fully saturated rings. The van der Waals surface area contributed by atoms with Gasteiger partial charge in [-0.25, -0.2) is 4.79 Å². The fourth-order valence-electron chi connectivity index (χ4n) is 2.54. The monoisotopic (exact) mass is 409 g/mol. The lowest BCUT2D eigenvalue weighted by molar-refractivity contribution is 0.0216. The van der Waals surface area contributed by atoms with Crippen LogP contribution in [0.3, 0.4) is 0 Å². The molecular weight excluding hydrogens is 382 g/mol. The van der Waals surface area contributed by atoms with E-state index >= 15 is 0 Å². The number of methoxy groups -OCH3 is 1. The highest BCUT2D eigenvalue weighted by Crippen LogP contribution is 2.31. The fourth-order valence-corrected chi connectivity index (χ4v) is 3.06. The minimum absolute atomic E-state index is 0.233. The number of amides is 1. The van der Waals surface area contributed by atoms with E-state index in [1.807, 2.05) is 31.7 Å². The summed E-state index contributed by atoms with van der Waals surface area (Å²) in [6.07, 6.45) is 5.91. The average molecular weight is 410 g/mol. The highest BCUT2D eigenvalue weighted by molar-refractivity contribution is 9.10. The Morgan fingerprint density at radius 1 is 1.36 bits per heavy atom. The van der Waals surface area contributed by atoms with Crippen molar-refractivity contribution in [2.45, 2.75) is 58.7 Å². The summed E-state index contributed by atoms with van der Waals surface area (Å²) in [4.78, 5) is 14.4. The number of rotatable bonds is 6. The zero-order valence-electron chi connectivity index (χ0n) is 15.8. The molecule has 0 atom stereocenters. The molecule has 1 aliphatic carbocycles. The second-order valence-electron chi connectivity index (χ2n) is 7.49. The maximum absolute atomic E-state index is 12.6. The first kappa shape index (κ1) is 20.0. The van der Waals surface area contributed by atoms with Crippen LogP contribution in [-0.4, -0.2) is 36.4 Å². The van der Waals surface area contributed by atoms with Crippen LogP contribution in [-0.2, 0) is 16.0 Å². The minimum Gasteiger partial charge on any atom is -0.444 e. The van der Waals surface area contributed by atoms with E-state index in [2.05, 4.69) is 41.1 Å². The summed E-state index contributed by atoms with van der Waals surface area (Å²) in [6.45, 7) is 8.91. The first-order chi connectivity index (χ1) is 11.7. The summed E-state index contributed by atoms with van der Waals surface area (Å²) < 4.78 is 11.7. The summed E-state index contributed by atoms with van der Waals surface area (Å²) >= 11 is 3.63. The molecule has 0 heterocycles. The van der Waals surface area contributed by atoms with Crippen molar-refractivity contribution in [3.05, 3.63) is 39.4 Å². The summed E-state index contributed by atoms with van der Waals surface area (Å²) in [7, 11) is 1.68. The van der Waals surface area contributed by atoms with Crippen LogP contribution in [0.5, 0.6) is 0 Å². The number of hydrogen-bond donors (Lipinski definition) is 0. The van der Waals surface area contributed by atoms with Gasteiger partial charge in [0, 0.05) is 24.2 Å². The van der Waals surface area contributed by atoms with Gasteiger partial charge in [0.25, 0.3) is 0 Å². The molecule has 1 saturated carbocycles. The van der Waals surface area contributed by atoms with Gasteiger partial charge in [-0.3, -0.25) is 0 Å². The number of carbonyl (C=O) groups is 1. The third-order valence-corrected chi connectivity index (χ3v) is 4.80. The van der Waals surface area contributed by atoms with Gasteiger partial charge in [-0.05, 0) is 69.4 Å². The second-order valence-corrected chi connectivity index (χ2v) is 8.34. The minimum atomic E-state index is -0.480. The summed E-state index contributed by atoms with van der Waals surface area (Å²) in [5.41, 5.74) is 2.91. The van der Waals surface area contributed by atoms with E-state index < -0.39 is 5.60 Å². The lowest BCUT2D eigenvalue weighted by atomic mass is 10.0. The molecule has 0 aliphatic heterocycles. The first-order valence-corrected chi connectivity index (χ1v) is 9.44. The fraction of sp³-hybridized carbons (Fsp3) is 0.550. The van der Waals surface area contributed by atoms with Crippen LogP contribution < -0.4 is 0 Å². The third-order valence-electron chi connectivity index (χ3n) is 3.97. The Bertz CT molecular complexity index is 645. The van der Waals surface area contributed by atoms with E-state index in [0.717, 1.165) is 28.4 Å². The molecule has 0 aromatic heterocycles. The molecule has 0 spiro atoms. The Balaban J connectivity index is 2.20. The maximum Gasteiger partial charge on any atom is 0.410 e. The number of halogens is 1. The molecular formula is C20H28BrNO3. The molecule has 0 saturated heterocycles.